The van der Waals surface area contributed by atoms with Crippen LogP contribution in [-0.4, -0.2) is 64.3 Å². The lowest BCUT2D eigenvalue weighted by atomic mass is 10.0. The van der Waals surface area contributed by atoms with Crippen molar-refractivity contribution in [2.75, 3.05) is 25.1 Å². The fraction of sp³-hybridized carbons (Fsp3) is 0.500. The van der Waals surface area contributed by atoms with Crippen molar-refractivity contribution in [3.05, 3.63) is 40.7 Å². The molecule has 0 radical (unpaired) electrons. The van der Waals surface area contributed by atoms with Crippen LogP contribution in [0.3, 0.4) is 0 Å². The third-order valence-corrected chi connectivity index (χ3v) is 5.24. The first-order valence-electron chi connectivity index (χ1n) is 9.68. The molecule has 2 aromatic rings. The SMILES string of the molecule is CCc1nc(C(=O)NC2CCN(c3cc(C)nc(C(=O)O)c3)C[C@@H]2OC)[nH]c1C. The first kappa shape index (κ1) is 20.8. The molecular formula is C20H27N5O4. The van der Waals surface area contributed by atoms with E-state index in [0.717, 1.165) is 23.5 Å². The van der Waals surface area contributed by atoms with Crippen LogP contribution in [0.15, 0.2) is 12.1 Å². The molecule has 0 saturated carbocycles. The molecule has 1 aliphatic rings. The van der Waals surface area contributed by atoms with Crippen molar-refractivity contribution in [2.45, 2.75) is 45.8 Å². The fourth-order valence-electron chi connectivity index (χ4n) is 3.68. The number of rotatable bonds is 6. The van der Waals surface area contributed by atoms with Gasteiger partial charge >= 0.3 is 5.97 Å². The molecule has 9 heteroatoms. The van der Waals surface area contributed by atoms with Crippen LogP contribution in [0.4, 0.5) is 5.69 Å². The van der Waals surface area contributed by atoms with Gasteiger partial charge in [-0.15, -0.1) is 0 Å². The zero-order valence-corrected chi connectivity index (χ0v) is 17.2. The molecule has 29 heavy (non-hydrogen) atoms. The molecule has 9 nitrogen and oxygen atoms in total. The standard InChI is InChI=1S/C20H27N5O4/c1-5-14-12(3)22-18(23-14)19(26)24-15-6-7-25(10-17(15)29-4)13-8-11(2)21-16(9-13)20(27)28/h8-9,15,17H,5-7,10H2,1-4H3,(H,22,23)(H,24,26)(H,27,28)/t15?,17-/m0/s1. The van der Waals surface area contributed by atoms with E-state index >= 15 is 0 Å². The number of amides is 1. The van der Waals surface area contributed by atoms with Gasteiger partial charge in [-0.3, -0.25) is 4.79 Å². The first-order valence-corrected chi connectivity index (χ1v) is 9.68. The van der Waals surface area contributed by atoms with Crippen molar-refractivity contribution >= 4 is 17.6 Å². The number of imidazole rings is 1. The maximum atomic E-state index is 12.6. The van der Waals surface area contributed by atoms with Gasteiger partial charge in [0.15, 0.2) is 11.5 Å². The summed E-state index contributed by atoms with van der Waals surface area (Å²) < 4.78 is 5.63. The maximum Gasteiger partial charge on any atom is 0.354 e. The van der Waals surface area contributed by atoms with Crippen molar-refractivity contribution in [1.82, 2.24) is 20.3 Å². The van der Waals surface area contributed by atoms with Gasteiger partial charge in [-0.1, -0.05) is 6.92 Å². The maximum absolute atomic E-state index is 12.6. The smallest absolute Gasteiger partial charge is 0.354 e. The number of aromatic amines is 1. The number of nitrogens with one attached hydrogen (secondary N) is 2. The molecule has 1 fully saturated rings. The van der Waals surface area contributed by atoms with Gasteiger partial charge in [0.1, 0.15) is 0 Å². The molecule has 2 aromatic heterocycles. The Bertz CT molecular complexity index is 910. The quantitative estimate of drug-likeness (QED) is 0.674. The monoisotopic (exact) mass is 401 g/mol. The number of methoxy groups -OCH3 is 1. The Hall–Kier alpha value is -2.94. The lowest BCUT2D eigenvalue weighted by Crippen LogP contribution is -2.55. The van der Waals surface area contributed by atoms with E-state index < -0.39 is 5.97 Å². The average Bonchev–Trinajstić information content (AvgIpc) is 3.08. The highest BCUT2D eigenvalue weighted by Gasteiger charge is 2.32. The Morgan fingerprint density at radius 2 is 2.10 bits per heavy atom. The molecule has 0 aromatic carbocycles. The number of carboxylic acid groups (broad SMARTS) is 1. The van der Waals surface area contributed by atoms with Crippen molar-refractivity contribution < 1.29 is 19.4 Å². The van der Waals surface area contributed by atoms with E-state index in [0.29, 0.717) is 31.0 Å². The molecule has 3 heterocycles. The summed E-state index contributed by atoms with van der Waals surface area (Å²) in [4.78, 5) is 37.4. The van der Waals surface area contributed by atoms with E-state index in [-0.39, 0.29) is 23.7 Å². The molecule has 3 N–H and O–H groups in total. The second-order valence-electron chi connectivity index (χ2n) is 7.26. The van der Waals surface area contributed by atoms with E-state index in [4.69, 9.17) is 4.74 Å². The number of nitrogens with zero attached hydrogens (tertiary/aromatic N) is 3. The number of aromatic carboxylic acids is 1. The highest BCUT2D eigenvalue weighted by Crippen LogP contribution is 2.23. The highest BCUT2D eigenvalue weighted by atomic mass is 16.5. The number of piperidine rings is 1. The number of carbonyl (C=O) groups excluding carboxylic acids is 1. The Morgan fingerprint density at radius 3 is 2.72 bits per heavy atom. The van der Waals surface area contributed by atoms with Crippen LogP contribution in [0.1, 0.15) is 51.5 Å². The number of carbonyl (C=O) groups is 2. The van der Waals surface area contributed by atoms with Crippen LogP contribution >= 0.6 is 0 Å². The van der Waals surface area contributed by atoms with E-state index in [2.05, 4.69) is 25.2 Å². The van der Waals surface area contributed by atoms with Gasteiger partial charge in [-0.05, 0) is 38.8 Å². The number of pyridine rings is 1. The predicted octanol–water partition coefficient (Wildman–Crippen LogP) is 1.71. The molecule has 0 aliphatic carbocycles. The van der Waals surface area contributed by atoms with E-state index in [1.165, 1.54) is 0 Å². The largest absolute Gasteiger partial charge is 0.477 e. The summed E-state index contributed by atoms with van der Waals surface area (Å²) in [6, 6.07) is 3.26. The van der Waals surface area contributed by atoms with Gasteiger partial charge in [-0.2, -0.15) is 0 Å². The summed E-state index contributed by atoms with van der Waals surface area (Å²) in [5.74, 6) is -0.991. The van der Waals surface area contributed by atoms with Gasteiger partial charge in [0.2, 0.25) is 0 Å². The normalized spacial score (nSPS) is 19.2. The number of hydrogen-bond donors (Lipinski definition) is 3. The molecule has 2 atom stereocenters. The molecule has 0 bridgehead atoms. The molecule has 1 amide bonds. The number of aryl methyl sites for hydroxylation is 3. The second kappa shape index (κ2) is 8.60. The summed E-state index contributed by atoms with van der Waals surface area (Å²) >= 11 is 0. The van der Waals surface area contributed by atoms with Crippen molar-refractivity contribution in [3.8, 4) is 0 Å². The molecule has 1 unspecified atom stereocenters. The van der Waals surface area contributed by atoms with Crippen LogP contribution < -0.4 is 10.2 Å². The number of carboxylic acids is 1. The third-order valence-electron chi connectivity index (χ3n) is 5.24. The average molecular weight is 401 g/mol. The molecule has 1 saturated heterocycles. The topological polar surface area (TPSA) is 120 Å². The molecule has 3 rings (SSSR count). The number of aromatic nitrogens is 3. The zero-order valence-electron chi connectivity index (χ0n) is 17.2. The van der Waals surface area contributed by atoms with E-state index in [1.54, 1.807) is 20.1 Å². The number of anilines is 1. The molecule has 1 aliphatic heterocycles. The Morgan fingerprint density at radius 1 is 1.34 bits per heavy atom. The minimum absolute atomic E-state index is 0.0179. The summed E-state index contributed by atoms with van der Waals surface area (Å²) in [6.07, 6.45) is 1.18. The van der Waals surface area contributed by atoms with E-state index in [1.807, 2.05) is 19.9 Å². The molecule has 156 valence electrons. The fourth-order valence-corrected chi connectivity index (χ4v) is 3.68. The van der Waals surface area contributed by atoms with Gasteiger partial charge in [0.05, 0.1) is 17.8 Å². The van der Waals surface area contributed by atoms with Gasteiger partial charge in [0, 0.05) is 37.3 Å². The van der Waals surface area contributed by atoms with Crippen LogP contribution in [0, 0.1) is 13.8 Å². The Balaban J connectivity index is 1.71. The third kappa shape index (κ3) is 4.56. The summed E-state index contributed by atoms with van der Waals surface area (Å²) in [6.45, 7) is 6.86. The molecule has 0 spiro atoms. The summed E-state index contributed by atoms with van der Waals surface area (Å²) in [5, 5.41) is 12.3. The van der Waals surface area contributed by atoms with E-state index in [9.17, 15) is 14.7 Å². The van der Waals surface area contributed by atoms with Crippen LogP contribution in [0.2, 0.25) is 0 Å². The minimum Gasteiger partial charge on any atom is -0.477 e. The van der Waals surface area contributed by atoms with Gasteiger partial charge in [-0.25, -0.2) is 14.8 Å². The van der Waals surface area contributed by atoms with Gasteiger partial charge in [0.25, 0.3) is 5.91 Å². The highest BCUT2D eigenvalue weighted by molar-refractivity contribution is 5.91. The summed E-state index contributed by atoms with van der Waals surface area (Å²) in [7, 11) is 1.61. The van der Waals surface area contributed by atoms with Crippen LogP contribution in [0.25, 0.3) is 0 Å². The lowest BCUT2D eigenvalue weighted by Gasteiger charge is -2.39. The molecular weight excluding hydrogens is 374 g/mol. The second-order valence-corrected chi connectivity index (χ2v) is 7.26. The lowest BCUT2D eigenvalue weighted by molar-refractivity contribution is 0.0538. The van der Waals surface area contributed by atoms with Crippen molar-refractivity contribution in [1.29, 1.82) is 0 Å². The number of ether oxygens (including phenoxy) is 1. The summed E-state index contributed by atoms with van der Waals surface area (Å²) in [5.41, 5.74) is 3.23. The van der Waals surface area contributed by atoms with Crippen LogP contribution in [-0.2, 0) is 11.2 Å². The zero-order chi connectivity index (χ0) is 21.1. The Kier molecular flexibility index (Phi) is 6.17. The minimum atomic E-state index is -1.06. The van der Waals surface area contributed by atoms with Crippen LogP contribution in [0.5, 0.6) is 0 Å². The Labute approximate surface area is 169 Å². The van der Waals surface area contributed by atoms with Crippen molar-refractivity contribution in [2.24, 2.45) is 0 Å². The number of H-pyrrole nitrogens is 1. The predicted molar refractivity (Wildman–Crippen MR) is 108 cm³/mol. The number of hydrogen-bond acceptors (Lipinski definition) is 6. The van der Waals surface area contributed by atoms with Gasteiger partial charge < -0.3 is 25.0 Å². The first-order chi connectivity index (χ1) is 13.8. The van der Waals surface area contributed by atoms with Crippen molar-refractivity contribution in [3.63, 3.8) is 0 Å².